The van der Waals surface area contributed by atoms with Crippen molar-refractivity contribution in [3.63, 3.8) is 0 Å². The Morgan fingerprint density at radius 3 is 2.78 bits per heavy atom. The lowest BCUT2D eigenvalue weighted by Crippen LogP contribution is -2.36. The Balaban J connectivity index is 1.43. The van der Waals surface area contributed by atoms with E-state index in [0.29, 0.717) is 6.54 Å². The average Bonchev–Trinajstić information content (AvgIpc) is 3.38. The minimum Gasteiger partial charge on any atom is -0.485 e. The van der Waals surface area contributed by atoms with Gasteiger partial charge >= 0.3 is 0 Å². The van der Waals surface area contributed by atoms with E-state index in [1.54, 1.807) is 6.33 Å². The Labute approximate surface area is 157 Å². The van der Waals surface area contributed by atoms with Crippen molar-refractivity contribution in [2.24, 2.45) is 4.99 Å². The van der Waals surface area contributed by atoms with Gasteiger partial charge in [0.15, 0.2) is 0 Å². The first-order valence-corrected chi connectivity index (χ1v) is 9.39. The molecule has 3 aliphatic rings. The number of aliphatic hydroxyl groups excluding tert-OH is 1. The summed E-state index contributed by atoms with van der Waals surface area (Å²) in [7, 11) is 0. The van der Waals surface area contributed by atoms with Crippen molar-refractivity contribution in [3.8, 4) is 5.75 Å². The molecular weight excluding hydrogens is 344 g/mol. The highest BCUT2D eigenvalue weighted by Crippen LogP contribution is 2.40. The molecule has 7 nitrogen and oxygen atoms in total. The van der Waals surface area contributed by atoms with Crippen molar-refractivity contribution >= 4 is 11.5 Å². The van der Waals surface area contributed by atoms with Crippen LogP contribution in [-0.4, -0.2) is 59.3 Å². The van der Waals surface area contributed by atoms with Crippen LogP contribution in [0.2, 0.25) is 0 Å². The molecule has 2 aliphatic heterocycles. The van der Waals surface area contributed by atoms with E-state index in [2.05, 4.69) is 20.9 Å². The lowest BCUT2D eigenvalue weighted by Gasteiger charge is -2.27. The van der Waals surface area contributed by atoms with Gasteiger partial charge in [-0.3, -0.25) is 4.99 Å². The number of hydrogen-bond acceptors (Lipinski definition) is 7. The van der Waals surface area contributed by atoms with Crippen LogP contribution in [0.15, 0.2) is 35.6 Å². The zero-order valence-corrected chi connectivity index (χ0v) is 15.1. The minimum absolute atomic E-state index is 0.0554. The molecular formula is C20H22N4O3. The smallest absolute Gasteiger partial charge is 0.132 e. The predicted octanol–water partition coefficient (Wildman–Crippen LogP) is 1.57. The Morgan fingerprint density at radius 2 is 2.00 bits per heavy atom. The van der Waals surface area contributed by atoms with Crippen molar-refractivity contribution in [1.82, 2.24) is 9.97 Å². The maximum absolute atomic E-state index is 9.52. The number of fused-ring (bicyclic) bond motifs is 1. The molecule has 1 N–H and O–H groups in total. The summed E-state index contributed by atoms with van der Waals surface area (Å²) >= 11 is 0. The van der Waals surface area contributed by atoms with Crippen LogP contribution in [0.5, 0.6) is 5.75 Å². The van der Waals surface area contributed by atoms with Gasteiger partial charge in [-0.05, 0) is 30.5 Å². The zero-order chi connectivity index (χ0) is 18.3. The molecule has 1 aliphatic carbocycles. The molecule has 0 bridgehead atoms. The number of hydrogen-bond donors (Lipinski definition) is 1. The third-order valence-electron chi connectivity index (χ3n) is 5.40. The van der Waals surface area contributed by atoms with Gasteiger partial charge in [-0.15, -0.1) is 0 Å². The largest absolute Gasteiger partial charge is 0.485 e. The van der Waals surface area contributed by atoms with E-state index in [4.69, 9.17) is 14.5 Å². The molecule has 5 rings (SSSR count). The summed E-state index contributed by atoms with van der Waals surface area (Å²) in [6.07, 6.45) is 3.40. The predicted molar refractivity (Wildman–Crippen MR) is 101 cm³/mol. The van der Waals surface area contributed by atoms with Crippen LogP contribution in [0.25, 0.3) is 0 Å². The number of anilines is 1. The summed E-state index contributed by atoms with van der Waals surface area (Å²) in [6.45, 7) is 3.81. The van der Waals surface area contributed by atoms with Gasteiger partial charge in [0, 0.05) is 24.7 Å². The molecule has 0 amide bonds. The molecule has 1 aromatic heterocycles. The number of aromatic nitrogens is 2. The molecule has 140 valence electrons. The highest BCUT2D eigenvalue weighted by molar-refractivity contribution is 6.14. The summed E-state index contributed by atoms with van der Waals surface area (Å²) in [4.78, 5) is 15.8. The first-order valence-electron chi connectivity index (χ1n) is 9.39. The van der Waals surface area contributed by atoms with E-state index < -0.39 is 0 Å². The summed E-state index contributed by atoms with van der Waals surface area (Å²) in [5.41, 5.74) is 3.53. The summed E-state index contributed by atoms with van der Waals surface area (Å²) in [5, 5.41) is 9.52. The van der Waals surface area contributed by atoms with Crippen molar-refractivity contribution in [2.75, 3.05) is 37.8 Å². The van der Waals surface area contributed by atoms with Crippen LogP contribution in [0.1, 0.15) is 29.7 Å². The second kappa shape index (κ2) is 6.58. The number of aliphatic hydroxyl groups is 1. The summed E-state index contributed by atoms with van der Waals surface area (Å²) in [5.74, 6) is 1.68. The lowest BCUT2D eigenvalue weighted by molar-refractivity contribution is 0.0953. The number of nitrogens with zero attached hydrogens (tertiary/aromatic N) is 4. The summed E-state index contributed by atoms with van der Waals surface area (Å²) < 4.78 is 11.5. The minimum atomic E-state index is -0.386. The van der Waals surface area contributed by atoms with E-state index in [1.165, 1.54) is 0 Å². The first kappa shape index (κ1) is 16.6. The maximum Gasteiger partial charge on any atom is 0.132 e. The van der Waals surface area contributed by atoms with Gasteiger partial charge in [-0.25, -0.2) is 9.97 Å². The standard InChI is InChI=1S/C20H22N4O3/c25-12-20(3-4-20)27-15-2-1-14-11-21-19(16(14)9-15)17-10-18(23-13-22-17)24-5-7-26-8-6-24/h1-2,9-10,13,25H,3-8,11-12H2. The van der Waals surface area contributed by atoms with Gasteiger partial charge in [0.25, 0.3) is 0 Å². The topological polar surface area (TPSA) is 80.1 Å². The van der Waals surface area contributed by atoms with E-state index in [-0.39, 0.29) is 12.2 Å². The van der Waals surface area contributed by atoms with Crippen molar-refractivity contribution in [1.29, 1.82) is 0 Å². The molecule has 1 saturated heterocycles. The number of ether oxygens (including phenoxy) is 2. The molecule has 0 atom stereocenters. The molecule has 0 unspecified atom stereocenters. The van der Waals surface area contributed by atoms with E-state index >= 15 is 0 Å². The molecule has 2 aromatic rings. The highest BCUT2D eigenvalue weighted by Gasteiger charge is 2.45. The summed E-state index contributed by atoms with van der Waals surface area (Å²) in [6, 6.07) is 8.04. The second-order valence-corrected chi connectivity index (χ2v) is 7.29. The monoisotopic (exact) mass is 366 g/mol. The molecule has 0 radical (unpaired) electrons. The van der Waals surface area contributed by atoms with Crippen LogP contribution in [0.3, 0.4) is 0 Å². The van der Waals surface area contributed by atoms with Crippen LogP contribution in [0.4, 0.5) is 5.82 Å². The Kier molecular flexibility index (Phi) is 4.06. The average molecular weight is 366 g/mol. The van der Waals surface area contributed by atoms with Gasteiger partial charge in [0.05, 0.1) is 37.8 Å². The van der Waals surface area contributed by atoms with Crippen LogP contribution in [-0.2, 0) is 11.3 Å². The third-order valence-corrected chi connectivity index (χ3v) is 5.40. The molecule has 1 aromatic carbocycles. The van der Waals surface area contributed by atoms with Crippen molar-refractivity contribution in [2.45, 2.75) is 25.0 Å². The van der Waals surface area contributed by atoms with Crippen molar-refractivity contribution < 1.29 is 14.6 Å². The first-order chi connectivity index (χ1) is 13.3. The van der Waals surface area contributed by atoms with E-state index in [1.807, 2.05) is 18.2 Å². The fraction of sp³-hybridized carbons (Fsp3) is 0.450. The molecule has 1 saturated carbocycles. The Bertz CT molecular complexity index is 889. The number of rotatable bonds is 5. The molecule has 7 heteroatoms. The maximum atomic E-state index is 9.52. The van der Waals surface area contributed by atoms with Gasteiger partial charge in [-0.2, -0.15) is 0 Å². The molecule has 27 heavy (non-hydrogen) atoms. The quantitative estimate of drug-likeness (QED) is 0.865. The van der Waals surface area contributed by atoms with E-state index in [0.717, 1.165) is 73.2 Å². The molecule has 2 fully saturated rings. The Morgan fingerprint density at radius 1 is 1.15 bits per heavy atom. The molecule has 3 heterocycles. The SMILES string of the molecule is OCC1(Oc2ccc3c(c2)C(c2cc(N4CCOCC4)ncn2)=NC3)CC1. The van der Waals surface area contributed by atoms with Crippen molar-refractivity contribution in [3.05, 3.63) is 47.4 Å². The van der Waals surface area contributed by atoms with E-state index in [9.17, 15) is 5.11 Å². The number of benzene rings is 1. The Hall–Kier alpha value is -2.51. The van der Waals surface area contributed by atoms with Crippen LogP contribution >= 0.6 is 0 Å². The van der Waals surface area contributed by atoms with Gasteiger partial charge in [-0.1, -0.05) is 6.07 Å². The second-order valence-electron chi connectivity index (χ2n) is 7.29. The highest BCUT2D eigenvalue weighted by atomic mass is 16.5. The zero-order valence-electron chi connectivity index (χ0n) is 15.1. The fourth-order valence-electron chi connectivity index (χ4n) is 3.57. The third kappa shape index (κ3) is 3.17. The van der Waals surface area contributed by atoms with Gasteiger partial charge < -0.3 is 19.5 Å². The lowest BCUT2D eigenvalue weighted by atomic mass is 10.0. The number of morpholine rings is 1. The number of aliphatic imine (C=N–C) groups is 1. The normalized spacial score (nSPS) is 20.2. The van der Waals surface area contributed by atoms with Gasteiger partial charge in [0.2, 0.25) is 0 Å². The van der Waals surface area contributed by atoms with Crippen LogP contribution < -0.4 is 9.64 Å². The van der Waals surface area contributed by atoms with Gasteiger partial charge in [0.1, 0.15) is 23.5 Å². The molecule has 0 spiro atoms. The van der Waals surface area contributed by atoms with Crippen LogP contribution in [0, 0.1) is 0 Å². The fourth-order valence-corrected chi connectivity index (χ4v) is 3.57.